The van der Waals surface area contributed by atoms with Gasteiger partial charge in [0, 0.05) is 36.9 Å². The van der Waals surface area contributed by atoms with Crippen LogP contribution in [-0.4, -0.2) is 90.8 Å². The van der Waals surface area contributed by atoms with Crippen molar-refractivity contribution >= 4 is 48.3 Å². The maximum absolute atomic E-state index is 13.0. The smallest absolute Gasteiger partial charge is 0.326 e. The number of carbonyl (C=O) groups is 6. The topological polar surface area (TPSA) is 254 Å². The van der Waals surface area contributed by atoms with Crippen LogP contribution in [-0.2, 0) is 35.2 Å². The van der Waals surface area contributed by atoms with Gasteiger partial charge in [-0.3, -0.25) is 24.0 Å². The van der Waals surface area contributed by atoms with Crippen LogP contribution >= 0.6 is 12.6 Å². The second kappa shape index (κ2) is 14.6. The van der Waals surface area contributed by atoms with Crippen molar-refractivity contribution in [3.63, 3.8) is 0 Å². The summed E-state index contributed by atoms with van der Waals surface area (Å²) in [6.45, 7) is 0. The number of carbonyl (C=O) groups excluding carboxylic acids is 3. The number of nitrogens with one attached hydrogen (secondary N) is 4. The number of aliphatic carboxylic acids is 3. The highest BCUT2D eigenvalue weighted by Gasteiger charge is 2.31. The number of aromatic amines is 1. The first-order chi connectivity index (χ1) is 16.4. The van der Waals surface area contributed by atoms with Crippen LogP contribution in [0.1, 0.15) is 31.4 Å². The lowest BCUT2D eigenvalue weighted by molar-refractivity contribution is -0.144. The van der Waals surface area contributed by atoms with Crippen molar-refractivity contribution in [2.75, 3.05) is 5.75 Å². The maximum atomic E-state index is 13.0. The Labute approximate surface area is 204 Å². The molecule has 0 aromatic carbocycles. The lowest BCUT2D eigenvalue weighted by atomic mass is 10.1. The van der Waals surface area contributed by atoms with Crippen LogP contribution in [0, 0.1) is 0 Å². The summed E-state index contributed by atoms with van der Waals surface area (Å²) in [5.74, 6) is -6.68. The van der Waals surface area contributed by atoms with E-state index in [1.165, 1.54) is 12.5 Å². The quantitative estimate of drug-likeness (QED) is 0.104. The Morgan fingerprint density at radius 3 is 1.89 bits per heavy atom. The van der Waals surface area contributed by atoms with Crippen LogP contribution in [0.4, 0.5) is 0 Å². The molecule has 9 N–H and O–H groups in total. The number of carboxylic acid groups (broad SMARTS) is 3. The second-order valence-corrected chi connectivity index (χ2v) is 7.82. The van der Waals surface area contributed by atoms with Gasteiger partial charge in [-0.2, -0.15) is 12.6 Å². The summed E-state index contributed by atoms with van der Waals surface area (Å²) in [6, 6.07) is -5.37. The Balaban J connectivity index is 3.05. The summed E-state index contributed by atoms with van der Waals surface area (Å²) in [6.07, 6.45) is 0.730. The van der Waals surface area contributed by atoms with E-state index in [9.17, 15) is 33.9 Å². The van der Waals surface area contributed by atoms with Crippen molar-refractivity contribution in [3.05, 3.63) is 18.2 Å². The van der Waals surface area contributed by atoms with Crippen molar-refractivity contribution in [3.8, 4) is 0 Å². The molecule has 0 fully saturated rings. The Bertz CT molecular complexity index is 911. The number of hydrogen-bond donors (Lipinski definition) is 9. The van der Waals surface area contributed by atoms with Crippen molar-refractivity contribution in [1.29, 1.82) is 0 Å². The normalized spacial score (nSPS) is 14.1. The minimum atomic E-state index is -1.59. The molecule has 16 heteroatoms. The van der Waals surface area contributed by atoms with Gasteiger partial charge in [0.2, 0.25) is 17.7 Å². The van der Waals surface area contributed by atoms with E-state index in [4.69, 9.17) is 15.9 Å². The summed E-state index contributed by atoms with van der Waals surface area (Å²) in [5.41, 5.74) is 6.09. The zero-order valence-electron chi connectivity index (χ0n) is 18.5. The molecule has 15 nitrogen and oxygen atoms in total. The van der Waals surface area contributed by atoms with Crippen LogP contribution < -0.4 is 21.7 Å². The van der Waals surface area contributed by atoms with E-state index >= 15 is 0 Å². The molecule has 0 bridgehead atoms. The summed E-state index contributed by atoms with van der Waals surface area (Å²) >= 11 is 3.93. The van der Waals surface area contributed by atoms with Crippen LogP contribution in [0.2, 0.25) is 0 Å². The van der Waals surface area contributed by atoms with Gasteiger partial charge in [0.1, 0.15) is 18.1 Å². The third-order valence-corrected chi connectivity index (χ3v) is 5.08. The van der Waals surface area contributed by atoms with Gasteiger partial charge in [-0.15, -0.1) is 0 Å². The molecule has 0 aliphatic rings. The van der Waals surface area contributed by atoms with Gasteiger partial charge in [-0.25, -0.2) is 9.78 Å². The molecule has 0 spiro atoms. The number of H-pyrrole nitrogens is 1. The first kappa shape index (κ1) is 29.4. The molecule has 1 rings (SSSR count). The number of carboxylic acids is 3. The number of nitrogens with zero attached hydrogens (tertiary/aromatic N) is 1. The SMILES string of the molecule is NC(CS)C(=O)NC(Cc1cnc[nH]1)C(=O)NC(CCC(=O)O)C(=O)NC(CCC(=O)O)C(=O)O. The molecule has 0 saturated heterocycles. The summed E-state index contributed by atoms with van der Waals surface area (Å²) < 4.78 is 0. The zero-order valence-corrected chi connectivity index (χ0v) is 19.4. The van der Waals surface area contributed by atoms with Crippen molar-refractivity contribution < 1.29 is 44.1 Å². The number of nitrogens with two attached hydrogens (primary N) is 1. The molecule has 1 heterocycles. The van der Waals surface area contributed by atoms with E-state index < -0.39 is 85.5 Å². The average Bonchev–Trinajstić information content (AvgIpc) is 3.30. The number of rotatable bonds is 16. The molecule has 35 heavy (non-hydrogen) atoms. The third kappa shape index (κ3) is 10.9. The van der Waals surface area contributed by atoms with Gasteiger partial charge in [0.25, 0.3) is 0 Å². The third-order valence-electron chi connectivity index (χ3n) is 4.69. The van der Waals surface area contributed by atoms with Crippen molar-refractivity contribution in [1.82, 2.24) is 25.9 Å². The highest BCUT2D eigenvalue weighted by molar-refractivity contribution is 7.80. The molecule has 1 aromatic heterocycles. The Kier molecular flexibility index (Phi) is 12.2. The molecule has 4 unspecified atom stereocenters. The predicted octanol–water partition coefficient (Wildman–Crippen LogP) is -2.52. The first-order valence-corrected chi connectivity index (χ1v) is 11.0. The second-order valence-electron chi connectivity index (χ2n) is 7.46. The van der Waals surface area contributed by atoms with Crippen LogP contribution in [0.3, 0.4) is 0 Å². The Morgan fingerprint density at radius 2 is 1.40 bits per heavy atom. The van der Waals surface area contributed by atoms with Crippen LogP contribution in [0.15, 0.2) is 12.5 Å². The molecule has 0 aliphatic heterocycles. The fraction of sp³-hybridized carbons (Fsp3) is 0.526. The molecule has 3 amide bonds. The molecular formula is C19H28N6O9S. The van der Waals surface area contributed by atoms with Crippen molar-refractivity contribution in [2.45, 2.75) is 56.3 Å². The zero-order chi connectivity index (χ0) is 26.5. The fourth-order valence-electron chi connectivity index (χ4n) is 2.79. The van der Waals surface area contributed by atoms with E-state index in [1.807, 2.05) is 0 Å². The van der Waals surface area contributed by atoms with E-state index in [0.717, 1.165) is 0 Å². The van der Waals surface area contributed by atoms with Gasteiger partial charge in [-0.05, 0) is 12.8 Å². The number of aromatic nitrogens is 2. The molecule has 4 atom stereocenters. The molecule has 1 aromatic rings. The van der Waals surface area contributed by atoms with Gasteiger partial charge in [0.15, 0.2) is 0 Å². The van der Waals surface area contributed by atoms with E-state index in [-0.39, 0.29) is 12.2 Å². The fourth-order valence-corrected chi connectivity index (χ4v) is 2.96. The summed E-state index contributed by atoms with van der Waals surface area (Å²) in [5, 5.41) is 33.9. The standard InChI is InChI=1S/C19H28N6O9S/c20-10(7-35)16(30)25-13(5-9-6-21-8-22-9)18(32)23-11(1-3-14(26)27)17(31)24-12(19(33)34)2-4-15(28)29/h6,8,10-13,35H,1-5,7,20H2,(H,21,22)(H,23,32)(H,24,31)(H,25,30)(H,26,27)(H,28,29)(H,33,34). The van der Waals surface area contributed by atoms with Crippen LogP contribution in [0.5, 0.6) is 0 Å². The predicted molar refractivity (Wildman–Crippen MR) is 121 cm³/mol. The Hall–Kier alpha value is -3.66. The highest BCUT2D eigenvalue weighted by Crippen LogP contribution is 2.06. The Morgan fingerprint density at radius 1 is 0.886 bits per heavy atom. The summed E-state index contributed by atoms with van der Waals surface area (Å²) in [7, 11) is 0. The van der Waals surface area contributed by atoms with Gasteiger partial charge in [-0.1, -0.05) is 0 Å². The molecule has 0 radical (unpaired) electrons. The maximum Gasteiger partial charge on any atom is 0.326 e. The molecular weight excluding hydrogens is 488 g/mol. The first-order valence-electron chi connectivity index (χ1n) is 10.4. The number of amides is 3. The van der Waals surface area contributed by atoms with E-state index in [1.54, 1.807) is 0 Å². The number of thiol groups is 1. The lowest BCUT2D eigenvalue weighted by Crippen LogP contribution is -2.57. The van der Waals surface area contributed by atoms with Crippen molar-refractivity contribution in [2.24, 2.45) is 5.73 Å². The van der Waals surface area contributed by atoms with Gasteiger partial charge >= 0.3 is 17.9 Å². The van der Waals surface area contributed by atoms with E-state index in [2.05, 4.69) is 38.5 Å². The summed E-state index contributed by atoms with van der Waals surface area (Å²) in [4.78, 5) is 77.7. The monoisotopic (exact) mass is 516 g/mol. The highest BCUT2D eigenvalue weighted by atomic mass is 32.1. The minimum Gasteiger partial charge on any atom is -0.481 e. The number of imidazole rings is 1. The molecule has 0 saturated carbocycles. The largest absolute Gasteiger partial charge is 0.481 e. The minimum absolute atomic E-state index is 0.0131. The van der Waals surface area contributed by atoms with E-state index in [0.29, 0.717) is 5.69 Å². The number of hydrogen-bond acceptors (Lipinski definition) is 9. The lowest BCUT2D eigenvalue weighted by Gasteiger charge is -2.24. The van der Waals surface area contributed by atoms with Gasteiger partial charge in [0.05, 0.1) is 12.4 Å². The van der Waals surface area contributed by atoms with Gasteiger partial charge < -0.3 is 42.0 Å². The average molecular weight is 517 g/mol. The van der Waals surface area contributed by atoms with Crippen LogP contribution in [0.25, 0.3) is 0 Å². The molecule has 194 valence electrons. The molecule has 0 aliphatic carbocycles.